The number of aliphatic hydroxyl groups excluding tert-OH is 1. The SMILES string of the molecule is Cc1cc(C(=O)N2CCC(C(C)O)C2)ccc1Cl. The highest BCUT2D eigenvalue weighted by Crippen LogP contribution is 2.23. The monoisotopic (exact) mass is 267 g/mol. The minimum atomic E-state index is -0.352. The Balaban J connectivity index is 2.10. The molecule has 98 valence electrons. The first kappa shape index (κ1) is 13.4. The predicted molar refractivity (Wildman–Crippen MR) is 71.9 cm³/mol. The van der Waals surface area contributed by atoms with E-state index >= 15 is 0 Å². The van der Waals surface area contributed by atoms with Gasteiger partial charge in [0, 0.05) is 29.6 Å². The molecule has 1 amide bonds. The van der Waals surface area contributed by atoms with Crippen LogP contribution in [-0.2, 0) is 0 Å². The topological polar surface area (TPSA) is 40.5 Å². The van der Waals surface area contributed by atoms with Crippen molar-refractivity contribution >= 4 is 17.5 Å². The number of carbonyl (C=O) groups excluding carboxylic acids is 1. The van der Waals surface area contributed by atoms with E-state index in [0.717, 1.165) is 18.5 Å². The maximum absolute atomic E-state index is 12.3. The van der Waals surface area contributed by atoms with Crippen LogP contribution in [0.2, 0.25) is 5.02 Å². The van der Waals surface area contributed by atoms with E-state index in [0.29, 0.717) is 17.1 Å². The zero-order valence-corrected chi connectivity index (χ0v) is 11.4. The van der Waals surface area contributed by atoms with Crippen LogP contribution in [0.5, 0.6) is 0 Å². The Kier molecular flexibility index (Phi) is 3.93. The molecule has 1 saturated heterocycles. The van der Waals surface area contributed by atoms with Crippen molar-refractivity contribution in [2.24, 2.45) is 5.92 Å². The summed E-state index contributed by atoms with van der Waals surface area (Å²) in [4.78, 5) is 14.1. The lowest BCUT2D eigenvalue weighted by Crippen LogP contribution is -2.30. The average molecular weight is 268 g/mol. The largest absolute Gasteiger partial charge is 0.393 e. The molecule has 1 aliphatic rings. The van der Waals surface area contributed by atoms with Gasteiger partial charge in [-0.15, -0.1) is 0 Å². The van der Waals surface area contributed by atoms with Crippen LogP contribution in [0.15, 0.2) is 18.2 Å². The summed E-state index contributed by atoms with van der Waals surface area (Å²) in [5.41, 5.74) is 1.58. The third-order valence-corrected chi connectivity index (χ3v) is 4.02. The fourth-order valence-electron chi connectivity index (χ4n) is 2.33. The standard InChI is InChI=1S/C14H18ClNO2/c1-9-7-11(3-4-13(9)15)14(18)16-6-5-12(8-16)10(2)17/h3-4,7,10,12,17H,5-6,8H2,1-2H3. The van der Waals surface area contributed by atoms with Gasteiger partial charge < -0.3 is 10.0 Å². The molecule has 4 heteroatoms. The number of amides is 1. The number of nitrogens with zero attached hydrogens (tertiary/aromatic N) is 1. The average Bonchev–Trinajstić information content (AvgIpc) is 2.81. The van der Waals surface area contributed by atoms with E-state index in [2.05, 4.69) is 0 Å². The lowest BCUT2D eigenvalue weighted by atomic mass is 10.0. The smallest absolute Gasteiger partial charge is 0.253 e. The van der Waals surface area contributed by atoms with Gasteiger partial charge in [-0.25, -0.2) is 0 Å². The lowest BCUT2D eigenvalue weighted by molar-refractivity contribution is 0.0762. The third kappa shape index (κ3) is 2.68. The maximum atomic E-state index is 12.3. The highest BCUT2D eigenvalue weighted by Gasteiger charge is 2.29. The molecule has 2 rings (SSSR count). The molecule has 1 fully saturated rings. The number of rotatable bonds is 2. The van der Waals surface area contributed by atoms with Crippen LogP contribution in [0.25, 0.3) is 0 Å². The summed E-state index contributed by atoms with van der Waals surface area (Å²) in [6.07, 6.45) is 0.519. The zero-order valence-electron chi connectivity index (χ0n) is 10.7. The number of hydrogen-bond donors (Lipinski definition) is 1. The Bertz CT molecular complexity index is 459. The maximum Gasteiger partial charge on any atom is 0.253 e. The van der Waals surface area contributed by atoms with Crippen molar-refractivity contribution < 1.29 is 9.90 Å². The zero-order chi connectivity index (χ0) is 13.3. The van der Waals surface area contributed by atoms with Gasteiger partial charge in [0.05, 0.1) is 6.10 Å². The number of halogens is 1. The van der Waals surface area contributed by atoms with E-state index in [1.807, 2.05) is 13.0 Å². The van der Waals surface area contributed by atoms with Crippen LogP contribution in [-0.4, -0.2) is 35.1 Å². The Morgan fingerprint density at radius 2 is 2.28 bits per heavy atom. The molecule has 3 nitrogen and oxygen atoms in total. The van der Waals surface area contributed by atoms with Crippen molar-refractivity contribution in [3.05, 3.63) is 34.3 Å². The molecule has 1 aliphatic heterocycles. The fraction of sp³-hybridized carbons (Fsp3) is 0.500. The molecule has 0 aromatic heterocycles. The van der Waals surface area contributed by atoms with Gasteiger partial charge in [-0.2, -0.15) is 0 Å². The van der Waals surface area contributed by atoms with Crippen LogP contribution < -0.4 is 0 Å². The Morgan fingerprint density at radius 1 is 1.56 bits per heavy atom. The molecule has 1 heterocycles. The number of aliphatic hydroxyl groups is 1. The summed E-state index contributed by atoms with van der Waals surface area (Å²) in [5, 5.41) is 10.2. The number of aryl methyl sites for hydroxylation is 1. The minimum Gasteiger partial charge on any atom is -0.393 e. The molecular formula is C14H18ClNO2. The summed E-state index contributed by atoms with van der Waals surface area (Å²) in [6.45, 7) is 5.03. The molecule has 0 bridgehead atoms. The molecule has 0 radical (unpaired) electrons. The van der Waals surface area contributed by atoms with Gasteiger partial charge in [0.15, 0.2) is 0 Å². The third-order valence-electron chi connectivity index (χ3n) is 3.60. The van der Waals surface area contributed by atoms with Gasteiger partial charge in [-0.3, -0.25) is 4.79 Å². The summed E-state index contributed by atoms with van der Waals surface area (Å²) in [5.74, 6) is 0.222. The van der Waals surface area contributed by atoms with Gasteiger partial charge >= 0.3 is 0 Å². The highest BCUT2D eigenvalue weighted by atomic mass is 35.5. The summed E-state index contributed by atoms with van der Waals surface area (Å²) in [6, 6.07) is 5.33. The Hall–Kier alpha value is -1.06. The normalized spacial score (nSPS) is 21.1. The fourth-order valence-corrected chi connectivity index (χ4v) is 2.44. The second-order valence-electron chi connectivity index (χ2n) is 5.00. The predicted octanol–water partition coefficient (Wildman–Crippen LogP) is 2.49. The molecule has 0 saturated carbocycles. The molecule has 2 unspecified atom stereocenters. The minimum absolute atomic E-state index is 0.0258. The van der Waals surface area contributed by atoms with Crippen molar-refractivity contribution in [2.75, 3.05) is 13.1 Å². The molecule has 1 aromatic rings. The number of benzene rings is 1. The summed E-state index contributed by atoms with van der Waals surface area (Å²) < 4.78 is 0. The quantitative estimate of drug-likeness (QED) is 0.894. The van der Waals surface area contributed by atoms with E-state index in [1.54, 1.807) is 24.0 Å². The van der Waals surface area contributed by atoms with Gasteiger partial charge in [0.1, 0.15) is 0 Å². The van der Waals surface area contributed by atoms with Crippen molar-refractivity contribution in [1.29, 1.82) is 0 Å². The van der Waals surface area contributed by atoms with Crippen molar-refractivity contribution in [2.45, 2.75) is 26.4 Å². The van der Waals surface area contributed by atoms with E-state index < -0.39 is 0 Å². The number of likely N-dealkylation sites (tertiary alicyclic amines) is 1. The van der Waals surface area contributed by atoms with Crippen LogP contribution in [0, 0.1) is 12.8 Å². The van der Waals surface area contributed by atoms with Gasteiger partial charge in [0.25, 0.3) is 5.91 Å². The Labute approximate surface area is 112 Å². The molecular weight excluding hydrogens is 250 g/mol. The van der Waals surface area contributed by atoms with Crippen molar-refractivity contribution in [3.63, 3.8) is 0 Å². The van der Waals surface area contributed by atoms with Gasteiger partial charge in [0.2, 0.25) is 0 Å². The molecule has 18 heavy (non-hydrogen) atoms. The van der Waals surface area contributed by atoms with Crippen LogP contribution in [0.1, 0.15) is 29.3 Å². The van der Waals surface area contributed by atoms with Crippen molar-refractivity contribution in [3.8, 4) is 0 Å². The second kappa shape index (κ2) is 5.29. The van der Waals surface area contributed by atoms with Crippen LogP contribution in [0.4, 0.5) is 0 Å². The summed E-state index contributed by atoms with van der Waals surface area (Å²) in [7, 11) is 0. The molecule has 1 N–H and O–H groups in total. The number of hydrogen-bond acceptors (Lipinski definition) is 2. The molecule has 2 atom stereocenters. The Morgan fingerprint density at radius 3 is 2.83 bits per heavy atom. The van der Waals surface area contributed by atoms with Gasteiger partial charge in [-0.05, 0) is 44.0 Å². The molecule has 0 aliphatic carbocycles. The lowest BCUT2D eigenvalue weighted by Gasteiger charge is -2.18. The van der Waals surface area contributed by atoms with Crippen LogP contribution in [0.3, 0.4) is 0 Å². The van der Waals surface area contributed by atoms with E-state index in [-0.39, 0.29) is 17.9 Å². The first-order chi connectivity index (χ1) is 8.49. The number of carbonyl (C=O) groups is 1. The first-order valence-corrected chi connectivity index (χ1v) is 6.60. The summed E-state index contributed by atoms with van der Waals surface area (Å²) >= 11 is 5.95. The van der Waals surface area contributed by atoms with E-state index in [4.69, 9.17) is 11.6 Å². The van der Waals surface area contributed by atoms with Crippen LogP contribution >= 0.6 is 11.6 Å². The highest BCUT2D eigenvalue weighted by molar-refractivity contribution is 6.31. The van der Waals surface area contributed by atoms with Crippen molar-refractivity contribution in [1.82, 2.24) is 4.90 Å². The second-order valence-corrected chi connectivity index (χ2v) is 5.41. The van der Waals surface area contributed by atoms with Gasteiger partial charge in [-0.1, -0.05) is 11.6 Å². The van der Waals surface area contributed by atoms with E-state index in [1.165, 1.54) is 0 Å². The molecule has 1 aromatic carbocycles. The molecule has 0 spiro atoms. The first-order valence-electron chi connectivity index (χ1n) is 6.22. The van der Waals surface area contributed by atoms with E-state index in [9.17, 15) is 9.90 Å².